The molecule has 0 bridgehead atoms. The minimum Gasteiger partial charge on any atom is -0.436 e. The molecule has 0 saturated heterocycles. The molecule has 19 heavy (non-hydrogen) atoms. The molecule has 2 aromatic carbocycles. The van der Waals surface area contributed by atoms with Gasteiger partial charge in [-0.15, -0.1) is 0 Å². The van der Waals surface area contributed by atoms with Crippen LogP contribution < -0.4 is 10.5 Å². The predicted octanol–water partition coefficient (Wildman–Crippen LogP) is 3.31. The molecule has 0 radical (unpaired) electrons. The SMILES string of the molecule is Cc1ccc(Oc2ncnc3ccccc23)c(N)c1. The van der Waals surface area contributed by atoms with Gasteiger partial charge in [0.25, 0.3) is 0 Å². The fourth-order valence-electron chi connectivity index (χ4n) is 1.93. The van der Waals surface area contributed by atoms with Crippen molar-refractivity contribution >= 4 is 16.6 Å². The van der Waals surface area contributed by atoms with Gasteiger partial charge in [0, 0.05) is 0 Å². The summed E-state index contributed by atoms with van der Waals surface area (Å²) in [7, 11) is 0. The average Bonchev–Trinajstić information content (AvgIpc) is 2.42. The van der Waals surface area contributed by atoms with Crippen molar-refractivity contribution < 1.29 is 4.74 Å². The van der Waals surface area contributed by atoms with Crippen LogP contribution in [0.25, 0.3) is 10.9 Å². The van der Waals surface area contributed by atoms with Crippen LogP contribution in [0.1, 0.15) is 5.56 Å². The van der Waals surface area contributed by atoms with E-state index in [0.717, 1.165) is 16.5 Å². The minimum atomic E-state index is 0.515. The second-order valence-corrected chi connectivity index (χ2v) is 4.34. The monoisotopic (exact) mass is 251 g/mol. The second-order valence-electron chi connectivity index (χ2n) is 4.34. The molecule has 0 fully saturated rings. The van der Waals surface area contributed by atoms with Crippen LogP contribution in [0, 0.1) is 6.92 Å². The lowest BCUT2D eigenvalue weighted by molar-refractivity contribution is 0.470. The molecule has 0 unspecified atom stereocenters. The number of benzene rings is 2. The Bertz CT molecular complexity index is 735. The maximum absolute atomic E-state index is 5.94. The Morgan fingerprint density at radius 1 is 1.05 bits per heavy atom. The number of hydrogen-bond acceptors (Lipinski definition) is 4. The van der Waals surface area contributed by atoms with Crippen molar-refractivity contribution in [3.05, 3.63) is 54.4 Å². The third-order valence-corrected chi connectivity index (χ3v) is 2.88. The Morgan fingerprint density at radius 3 is 2.74 bits per heavy atom. The summed E-state index contributed by atoms with van der Waals surface area (Å²) < 4.78 is 5.80. The molecule has 1 aromatic heterocycles. The Labute approximate surface area is 110 Å². The number of fused-ring (bicyclic) bond motifs is 1. The Kier molecular flexibility index (Phi) is 2.76. The van der Waals surface area contributed by atoms with Crippen molar-refractivity contribution in [1.29, 1.82) is 0 Å². The molecule has 0 atom stereocenters. The lowest BCUT2D eigenvalue weighted by atomic mass is 10.2. The van der Waals surface area contributed by atoms with Gasteiger partial charge in [-0.2, -0.15) is 0 Å². The Hall–Kier alpha value is -2.62. The summed E-state index contributed by atoms with van der Waals surface area (Å²) in [6.45, 7) is 1.99. The molecule has 0 aliphatic heterocycles. The van der Waals surface area contributed by atoms with Crippen molar-refractivity contribution in [2.24, 2.45) is 0 Å². The van der Waals surface area contributed by atoms with Crippen molar-refractivity contribution in [2.45, 2.75) is 6.92 Å². The Balaban J connectivity index is 2.06. The number of anilines is 1. The van der Waals surface area contributed by atoms with Gasteiger partial charge >= 0.3 is 0 Å². The first-order chi connectivity index (χ1) is 9.24. The zero-order valence-corrected chi connectivity index (χ0v) is 10.5. The van der Waals surface area contributed by atoms with Crippen LogP contribution in [0.5, 0.6) is 11.6 Å². The van der Waals surface area contributed by atoms with Gasteiger partial charge in [-0.1, -0.05) is 18.2 Å². The lowest BCUT2D eigenvalue weighted by Gasteiger charge is -2.09. The first-order valence-electron chi connectivity index (χ1n) is 5.98. The van der Waals surface area contributed by atoms with Gasteiger partial charge < -0.3 is 10.5 Å². The maximum atomic E-state index is 5.94. The summed E-state index contributed by atoms with van der Waals surface area (Å²) in [6.07, 6.45) is 1.49. The highest BCUT2D eigenvalue weighted by Crippen LogP contribution is 2.30. The highest BCUT2D eigenvalue weighted by Gasteiger charge is 2.07. The predicted molar refractivity (Wildman–Crippen MR) is 75.2 cm³/mol. The number of nitrogen functional groups attached to an aromatic ring is 1. The summed E-state index contributed by atoms with van der Waals surface area (Å²) >= 11 is 0. The standard InChI is InChI=1S/C15H13N3O/c1-10-6-7-14(12(16)8-10)19-15-11-4-2-3-5-13(11)17-9-18-15/h2-9H,16H2,1H3. The van der Waals surface area contributed by atoms with Crippen molar-refractivity contribution in [2.75, 3.05) is 5.73 Å². The zero-order chi connectivity index (χ0) is 13.2. The van der Waals surface area contributed by atoms with E-state index in [4.69, 9.17) is 10.5 Å². The lowest BCUT2D eigenvalue weighted by Crippen LogP contribution is -1.95. The van der Waals surface area contributed by atoms with Crippen LogP contribution in [-0.2, 0) is 0 Å². The molecule has 0 saturated carbocycles. The molecule has 2 N–H and O–H groups in total. The first-order valence-corrected chi connectivity index (χ1v) is 5.98. The molecule has 3 rings (SSSR count). The van der Waals surface area contributed by atoms with Crippen LogP contribution in [0.2, 0.25) is 0 Å². The third-order valence-electron chi connectivity index (χ3n) is 2.88. The molecular weight excluding hydrogens is 238 g/mol. The van der Waals surface area contributed by atoms with E-state index in [1.165, 1.54) is 6.33 Å². The van der Waals surface area contributed by atoms with E-state index in [0.29, 0.717) is 17.3 Å². The van der Waals surface area contributed by atoms with Crippen molar-refractivity contribution in [1.82, 2.24) is 9.97 Å². The third kappa shape index (κ3) is 2.20. The Morgan fingerprint density at radius 2 is 1.89 bits per heavy atom. The number of aryl methyl sites for hydroxylation is 1. The minimum absolute atomic E-state index is 0.515. The van der Waals surface area contributed by atoms with Crippen LogP contribution in [-0.4, -0.2) is 9.97 Å². The first kappa shape index (κ1) is 11.5. The summed E-state index contributed by atoms with van der Waals surface area (Å²) in [5.41, 5.74) is 8.48. The fraction of sp³-hybridized carbons (Fsp3) is 0.0667. The van der Waals surface area contributed by atoms with Gasteiger partial charge in [0.15, 0.2) is 5.75 Å². The maximum Gasteiger partial charge on any atom is 0.230 e. The smallest absolute Gasteiger partial charge is 0.230 e. The largest absolute Gasteiger partial charge is 0.436 e. The summed E-state index contributed by atoms with van der Waals surface area (Å²) in [5, 5.41) is 0.866. The van der Waals surface area contributed by atoms with Crippen LogP contribution in [0.3, 0.4) is 0 Å². The molecule has 0 amide bonds. The molecule has 0 aliphatic rings. The van der Waals surface area contributed by atoms with E-state index >= 15 is 0 Å². The topological polar surface area (TPSA) is 61.0 Å². The zero-order valence-electron chi connectivity index (χ0n) is 10.5. The van der Waals surface area contributed by atoms with E-state index in [-0.39, 0.29) is 0 Å². The van der Waals surface area contributed by atoms with E-state index in [1.54, 1.807) is 0 Å². The van der Waals surface area contributed by atoms with Gasteiger partial charge in [0.2, 0.25) is 5.88 Å². The van der Waals surface area contributed by atoms with Gasteiger partial charge in [-0.25, -0.2) is 9.97 Å². The molecule has 4 heteroatoms. The molecular formula is C15H13N3O. The summed E-state index contributed by atoms with van der Waals surface area (Å²) in [6, 6.07) is 13.4. The number of para-hydroxylation sites is 1. The number of nitrogens with zero attached hydrogens (tertiary/aromatic N) is 2. The van der Waals surface area contributed by atoms with E-state index in [9.17, 15) is 0 Å². The van der Waals surface area contributed by atoms with Gasteiger partial charge in [0.1, 0.15) is 6.33 Å². The van der Waals surface area contributed by atoms with Gasteiger partial charge in [-0.3, -0.25) is 0 Å². The van der Waals surface area contributed by atoms with E-state index in [2.05, 4.69) is 9.97 Å². The molecule has 0 aliphatic carbocycles. The molecule has 0 spiro atoms. The van der Waals surface area contributed by atoms with Crippen molar-refractivity contribution in [3.8, 4) is 11.6 Å². The van der Waals surface area contributed by atoms with Gasteiger partial charge in [0.05, 0.1) is 16.6 Å². The summed E-state index contributed by atoms with van der Waals surface area (Å²) in [4.78, 5) is 8.37. The molecule has 4 nitrogen and oxygen atoms in total. The number of nitrogens with two attached hydrogens (primary N) is 1. The normalized spacial score (nSPS) is 10.6. The fourth-order valence-corrected chi connectivity index (χ4v) is 1.93. The van der Waals surface area contributed by atoms with Crippen molar-refractivity contribution in [3.63, 3.8) is 0 Å². The van der Waals surface area contributed by atoms with Crippen LogP contribution >= 0.6 is 0 Å². The molecule has 3 aromatic rings. The highest BCUT2D eigenvalue weighted by molar-refractivity contribution is 5.83. The number of aromatic nitrogens is 2. The second kappa shape index (κ2) is 4.57. The number of rotatable bonds is 2. The quantitative estimate of drug-likeness (QED) is 0.710. The van der Waals surface area contributed by atoms with E-state index < -0.39 is 0 Å². The average molecular weight is 251 g/mol. The summed E-state index contributed by atoms with van der Waals surface area (Å²) in [5.74, 6) is 1.12. The van der Waals surface area contributed by atoms with E-state index in [1.807, 2.05) is 49.4 Å². The number of ether oxygens (including phenoxy) is 1. The molecule has 1 heterocycles. The van der Waals surface area contributed by atoms with Crippen LogP contribution in [0.15, 0.2) is 48.8 Å². The highest BCUT2D eigenvalue weighted by atomic mass is 16.5. The number of hydrogen-bond donors (Lipinski definition) is 1. The molecule has 94 valence electrons. The van der Waals surface area contributed by atoms with Gasteiger partial charge in [-0.05, 0) is 36.8 Å². The van der Waals surface area contributed by atoms with Crippen LogP contribution in [0.4, 0.5) is 5.69 Å².